The first-order chi connectivity index (χ1) is 6.99. The van der Waals surface area contributed by atoms with Crippen molar-refractivity contribution >= 4 is 0 Å². The van der Waals surface area contributed by atoms with Crippen LogP contribution in [0.5, 0.6) is 0 Å². The fourth-order valence-electron chi connectivity index (χ4n) is 2.90. The summed E-state index contributed by atoms with van der Waals surface area (Å²) >= 11 is 0. The molecule has 15 heavy (non-hydrogen) atoms. The van der Waals surface area contributed by atoms with E-state index >= 15 is 0 Å². The molecule has 90 valence electrons. The molecule has 0 amide bonds. The Morgan fingerprint density at radius 1 is 1.27 bits per heavy atom. The lowest BCUT2D eigenvalue weighted by molar-refractivity contribution is -0.0933. The van der Waals surface area contributed by atoms with Crippen molar-refractivity contribution in [2.45, 2.75) is 45.8 Å². The summed E-state index contributed by atoms with van der Waals surface area (Å²) in [7, 11) is 0. The maximum atomic E-state index is 10.2. The molecule has 5 atom stereocenters. The van der Waals surface area contributed by atoms with Gasteiger partial charge in [0, 0.05) is 5.92 Å². The highest BCUT2D eigenvalue weighted by molar-refractivity contribution is 4.90. The Bertz CT molecular complexity index is 189. The van der Waals surface area contributed by atoms with Gasteiger partial charge in [-0.2, -0.15) is 0 Å². The van der Waals surface area contributed by atoms with Gasteiger partial charge >= 0.3 is 0 Å². The van der Waals surface area contributed by atoms with Crippen LogP contribution in [-0.4, -0.2) is 34.1 Å². The van der Waals surface area contributed by atoms with Crippen LogP contribution in [0.4, 0.5) is 0 Å². The van der Waals surface area contributed by atoms with Gasteiger partial charge in [0.1, 0.15) is 0 Å². The molecule has 0 unspecified atom stereocenters. The minimum atomic E-state index is -0.781. The molecule has 0 bridgehead atoms. The van der Waals surface area contributed by atoms with E-state index in [0.717, 1.165) is 12.8 Å². The minimum Gasteiger partial charge on any atom is -0.394 e. The van der Waals surface area contributed by atoms with Crippen molar-refractivity contribution < 1.29 is 15.3 Å². The fraction of sp³-hybridized carbons (Fsp3) is 1.00. The number of hydrogen-bond acceptors (Lipinski definition) is 3. The highest BCUT2D eigenvalue weighted by atomic mass is 16.3. The molecule has 0 radical (unpaired) electrons. The SMILES string of the molecule is CC(C)[C@@H]1CC[C@@H](C)[C@H]([C@H](O)CO)[C@H]1O. The Labute approximate surface area is 92.1 Å². The van der Waals surface area contributed by atoms with E-state index in [4.69, 9.17) is 5.11 Å². The van der Waals surface area contributed by atoms with E-state index in [2.05, 4.69) is 13.8 Å². The minimum absolute atomic E-state index is 0.170. The van der Waals surface area contributed by atoms with Gasteiger partial charge in [0.25, 0.3) is 0 Å². The van der Waals surface area contributed by atoms with Crippen LogP contribution in [0.15, 0.2) is 0 Å². The topological polar surface area (TPSA) is 60.7 Å². The lowest BCUT2D eigenvalue weighted by Crippen LogP contribution is -2.47. The van der Waals surface area contributed by atoms with Crippen molar-refractivity contribution in [3.8, 4) is 0 Å². The van der Waals surface area contributed by atoms with Crippen LogP contribution in [0, 0.1) is 23.7 Å². The van der Waals surface area contributed by atoms with Crippen LogP contribution >= 0.6 is 0 Å². The summed E-state index contributed by atoms with van der Waals surface area (Å²) in [6, 6.07) is 0. The Hall–Kier alpha value is -0.120. The van der Waals surface area contributed by atoms with Gasteiger partial charge < -0.3 is 15.3 Å². The molecule has 0 aromatic rings. The fourth-order valence-corrected chi connectivity index (χ4v) is 2.90. The molecule has 1 rings (SSSR count). The summed E-state index contributed by atoms with van der Waals surface area (Å²) in [5.41, 5.74) is 0. The molecule has 0 spiro atoms. The first kappa shape index (κ1) is 12.9. The zero-order valence-electron chi connectivity index (χ0n) is 9.93. The second-order valence-electron chi connectivity index (χ2n) is 5.28. The van der Waals surface area contributed by atoms with E-state index in [-0.39, 0.29) is 24.4 Å². The third-order valence-electron chi connectivity index (χ3n) is 3.93. The van der Waals surface area contributed by atoms with E-state index < -0.39 is 12.2 Å². The zero-order chi connectivity index (χ0) is 11.6. The van der Waals surface area contributed by atoms with Crippen LogP contribution < -0.4 is 0 Å². The maximum Gasteiger partial charge on any atom is 0.0826 e. The summed E-state index contributed by atoms with van der Waals surface area (Å²) < 4.78 is 0. The first-order valence-corrected chi connectivity index (χ1v) is 5.96. The quantitative estimate of drug-likeness (QED) is 0.660. The van der Waals surface area contributed by atoms with Crippen LogP contribution in [0.3, 0.4) is 0 Å². The highest BCUT2D eigenvalue weighted by Gasteiger charge is 2.40. The molecule has 3 heteroatoms. The Kier molecular flexibility index (Phi) is 4.56. The van der Waals surface area contributed by atoms with Crippen LogP contribution in [-0.2, 0) is 0 Å². The third-order valence-corrected chi connectivity index (χ3v) is 3.93. The van der Waals surface area contributed by atoms with Crippen LogP contribution in [0.25, 0.3) is 0 Å². The van der Waals surface area contributed by atoms with Gasteiger partial charge in [0.05, 0.1) is 18.8 Å². The van der Waals surface area contributed by atoms with Gasteiger partial charge in [-0.1, -0.05) is 20.8 Å². The molecule has 0 aromatic carbocycles. The number of rotatable bonds is 3. The Morgan fingerprint density at radius 3 is 2.33 bits per heavy atom. The van der Waals surface area contributed by atoms with Crippen molar-refractivity contribution in [1.29, 1.82) is 0 Å². The number of aliphatic hydroxyl groups is 3. The van der Waals surface area contributed by atoms with Crippen LogP contribution in [0.1, 0.15) is 33.6 Å². The molecular formula is C12H24O3. The molecule has 1 saturated carbocycles. The van der Waals surface area contributed by atoms with E-state index in [0.29, 0.717) is 5.92 Å². The largest absolute Gasteiger partial charge is 0.394 e. The van der Waals surface area contributed by atoms with Gasteiger partial charge in [-0.15, -0.1) is 0 Å². The monoisotopic (exact) mass is 216 g/mol. The summed E-state index contributed by atoms with van der Waals surface area (Å²) in [6.45, 7) is 6.00. The van der Waals surface area contributed by atoms with E-state index in [9.17, 15) is 10.2 Å². The van der Waals surface area contributed by atoms with Crippen molar-refractivity contribution in [2.24, 2.45) is 23.7 Å². The second kappa shape index (κ2) is 5.28. The Morgan fingerprint density at radius 2 is 1.87 bits per heavy atom. The lowest BCUT2D eigenvalue weighted by Gasteiger charge is -2.42. The molecule has 0 aliphatic heterocycles. The molecule has 0 heterocycles. The lowest BCUT2D eigenvalue weighted by atomic mass is 9.67. The first-order valence-electron chi connectivity index (χ1n) is 5.96. The van der Waals surface area contributed by atoms with Gasteiger partial charge in [-0.25, -0.2) is 0 Å². The summed E-state index contributed by atoms with van der Waals surface area (Å²) in [4.78, 5) is 0. The predicted octanol–water partition coefficient (Wildman–Crippen LogP) is 1.02. The van der Waals surface area contributed by atoms with Gasteiger partial charge in [-0.3, -0.25) is 0 Å². The van der Waals surface area contributed by atoms with Gasteiger partial charge in [0.15, 0.2) is 0 Å². The van der Waals surface area contributed by atoms with E-state index in [1.165, 1.54) is 0 Å². The third kappa shape index (κ3) is 2.71. The summed E-state index contributed by atoms with van der Waals surface area (Å²) in [6.07, 6.45) is 0.795. The van der Waals surface area contributed by atoms with Crippen molar-refractivity contribution in [2.75, 3.05) is 6.61 Å². The molecule has 1 fully saturated rings. The van der Waals surface area contributed by atoms with E-state index in [1.54, 1.807) is 0 Å². The molecule has 1 aliphatic rings. The molecule has 1 aliphatic carbocycles. The average molecular weight is 216 g/mol. The molecule has 3 N–H and O–H groups in total. The molecule has 0 aromatic heterocycles. The van der Waals surface area contributed by atoms with Gasteiger partial charge in [0.2, 0.25) is 0 Å². The number of hydrogen-bond donors (Lipinski definition) is 3. The molecule has 3 nitrogen and oxygen atoms in total. The smallest absolute Gasteiger partial charge is 0.0826 e. The number of aliphatic hydroxyl groups excluding tert-OH is 3. The van der Waals surface area contributed by atoms with Crippen molar-refractivity contribution in [3.05, 3.63) is 0 Å². The molecule has 0 saturated heterocycles. The van der Waals surface area contributed by atoms with E-state index in [1.807, 2.05) is 6.92 Å². The van der Waals surface area contributed by atoms with Gasteiger partial charge in [-0.05, 0) is 30.6 Å². The standard InChI is InChI=1S/C12H24O3/c1-7(2)9-5-4-8(3)11(12(9)15)10(14)6-13/h7-15H,4-6H2,1-3H3/t8-,9+,10-,11-,12+/m1/s1. The predicted molar refractivity (Wildman–Crippen MR) is 59.3 cm³/mol. The molecular weight excluding hydrogens is 192 g/mol. The van der Waals surface area contributed by atoms with Crippen molar-refractivity contribution in [1.82, 2.24) is 0 Å². The highest BCUT2D eigenvalue weighted by Crippen LogP contribution is 2.39. The normalized spacial score (nSPS) is 39.4. The second-order valence-corrected chi connectivity index (χ2v) is 5.28. The Balaban J connectivity index is 2.73. The zero-order valence-corrected chi connectivity index (χ0v) is 9.93. The summed E-state index contributed by atoms with van der Waals surface area (Å²) in [5, 5.41) is 28.9. The maximum absolute atomic E-state index is 10.2. The summed E-state index contributed by atoms with van der Waals surface area (Å²) in [5.74, 6) is 0.807. The van der Waals surface area contributed by atoms with Crippen molar-refractivity contribution in [3.63, 3.8) is 0 Å². The average Bonchev–Trinajstić information content (AvgIpc) is 2.16. The van der Waals surface area contributed by atoms with Crippen LogP contribution in [0.2, 0.25) is 0 Å².